The van der Waals surface area contributed by atoms with Gasteiger partial charge in [-0.15, -0.1) is 10.2 Å². The van der Waals surface area contributed by atoms with E-state index >= 15 is 0 Å². The topological polar surface area (TPSA) is 76.2 Å². The predicted octanol–water partition coefficient (Wildman–Crippen LogP) is 5.31. The van der Waals surface area contributed by atoms with E-state index in [1.807, 2.05) is 66.7 Å². The van der Waals surface area contributed by atoms with Crippen LogP contribution in [0.3, 0.4) is 0 Å². The van der Waals surface area contributed by atoms with E-state index < -0.39 is 0 Å². The highest BCUT2D eigenvalue weighted by molar-refractivity contribution is 7.99. The molecule has 0 unspecified atom stereocenters. The number of thioether (sulfide) groups is 1. The second kappa shape index (κ2) is 10.6. The molecule has 5 rings (SSSR count). The first-order valence-corrected chi connectivity index (χ1v) is 12.5. The van der Waals surface area contributed by atoms with Gasteiger partial charge in [0, 0.05) is 24.3 Å². The van der Waals surface area contributed by atoms with Crippen LogP contribution in [0.2, 0.25) is 0 Å². The Bertz CT molecular complexity index is 1220. The number of amides is 1. The van der Waals surface area contributed by atoms with Gasteiger partial charge >= 0.3 is 0 Å². The van der Waals surface area contributed by atoms with Crippen molar-refractivity contribution in [2.75, 3.05) is 29.1 Å². The van der Waals surface area contributed by atoms with Gasteiger partial charge in [0.25, 0.3) is 0 Å². The number of nitrogens with zero attached hydrogens (tertiary/aromatic N) is 4. The SMILES string of the molecule is O=C(CSc1nnc(N2CCCCC2)n1Cc1ccco1)Nc1ccccc1-c1ccccc1. The van der Waals surface area contributed by atoms with Crippen LogP contribution in [0.1, 0.15) is 25.0 Å². The van der Waals surface area contributed by atoms with Crippen molar-refractivity contribution < 1.29 is 9.21 Å². The van der Waals surface area contributed by atoms with Crippen LogP contribution in [0.15, 0.2) is 82.6 Å². The van der Waals surface area contributed by atoms with Crippen LogP contribution in [0.25, 0.3) is 11.1 Å². The summed E-state index contributed by atoms with van der Waals surface area (Å²) in [5, 5.41) is 12.7. The van der Waals surface area contributed by atoms with Crippen molar-refractivity contribution in [3.63, 3.8) is 0 Å². The molecule has 0 bridgehead atoms. The number of aromatic nitrogens is 3. The normalized spacial score (nSPS) is 13.7. The lowest BCUT2D eigenvalue weighted by Gasteiger charge is -2.27. The third-order valence-electron chi connectivity index (χ3n) is 5.85. The Morgan fingerprint density at radius 2 is 1.74 bits per heavy atom. The zero-order valence-corrected chi connectivity index (χ0v) is 19.7. The summed E-state index contributed by atoms with van der Waals surface area (Å²) in [6.45, 7) is 2.47. The Kier molecular flexibility index (Phi) is 6.95. The van der Waals surface area contributed by atoms with Crippen molar-refractivity contribution in [3.8, 4) is 11.1 Å². The van der Waals surface area contributed by atoms with E-state index in [2.05, 4.69) is 25.0 Å². The summed E-state index contributed by atoms with van der Waals surface area (Å²) in [6, 6.07) is 21.7. The first-order chi connectivity index (χ1) is 16.8. The second-order valence-electron chi connectivity index (χ2n) is 8.24. The molecule has 0 spiro atoms. The number of anilines is 2. The summed E-state index contributed by atoms with van der Waals surface area (Å²) in [7, 11) is 0. The Morgan fingerprint density at radius 3 is 2.53 bits per heavy atom. The number of hydrogen-bond donors (Lipinski definition) is 1. The Balaban J connectivity index is 1.30. The number of carbonyl (C=O) groups excluding carboxylic acids is 1. The highest BCUT2D eigenvalue weighted by Gasteiger charge is 2.22. The van der Waals surface area contributed by atoms with Crippen molar-refractivity contribution in [1.82, 2.24) is 14.8 Å². The molecule has 0 saturated carbocycles. The Morgan fingerprint density at radius 1 is 0.941 bits per heavy atom. The summed E-state index contributed by atoms with van der Waals surface area (Å²) in [4.78, 5) is 15.2. The van der Waals surface area contributed by atoms with E-state index in [-0.39, 0.29) is 11.7 Å². The molecule has 34 heavy (non-hydrogen) atoms. The molecule has 2 aromatic heterocycles. The van der Waals surface area contributed by atoms with Gasteiger partial charge in [-0.25, -0.2) is 0 Å². The molecule has 1 aliphatic rings. The fourth-order valence-corrected chi connectivity index (χ4v) is 4.92. The lowest BCUT2D eigenvalue weighted by atomic mass is 10.0. The third-order valence-corrected chi connectivity index (χ3v) is 6.82. The van der Waals surface area contributed by atoms with Gasteiger partial charge in [-0.3, -0.25) is 9.36 Å². The van der Waals surface area contributed by atoms with Gasteiger partial charge in [-0.2, -0.15) is 0 Å². The van der Waals surface area contributed by atoms with Crippen molar-refractivity contribution in [1.29, 1.82) is 0 Å². The summed E-state index contributed by atoms with van der Waals surface area (Å²) < 4.78 is 7.64. The molecular formula is C26H27N5O2S. The van der Waals surface area contributed by atoms with E-state index in [4.69, 9.17) is 4.42 Å². The quantitative estimate of drug-likeness (QED) is 0.350. The highest BCUT2D eigenvalue weighted by Crippen LogP contribution is 2.29. The predicted molar refractivity (Wildman–Crippen MR) is 135 cm³/mol. The van der Waals surface area contributed by atoms with Gasteiger partial charge in [-0.1, -0.05) is 60.3 Å². The van der Waals surface area contributed by atoms with Gasteiger partial charge in [0.1, 0.15) is 5.76 Å². The molecule has 7 nitrogen and oxygen atoms in total. The minimum atomic E-state index is -0.0829. The van der Waals surface area contributed by atoms with Crippen LogP contribution < -0.4 is 10.2 Å². The van der Waals surface area contributed by atoms with Crippen LogP contribution >= 0.6 is 11.8 Å². The maximum atomic E-state index is 12.9. The maximum absolute atomic E-state index is 12.9. The zero-order valence-electron chi connectivity index (χ0n) is 18.9. The minimum absolute atomic E-state index is 0.0829. The number of hydrogen-bond acceptors (Lipinski definition) is 6. The molecular weight excluding hydrogens is 446 g/mol. The van der Waals surface area contributed by atoms with Crippen LogP contribution in [-0.4, -0.2) is 39.5 Å². The molecule has 0 atom stereocenters. The average Bonchev–Trinajstić information content (AvgIpc) is 3.55. The molecule has 4 aromatic rings. The molecule has 3 heterocycles. The molecule has 1 saturated heterocycles. The van der Waals surface area contributed by atoms with Crippen LogP contribution in [0, 0.1) is 0 Å². The molecule has 0 aliphatic carbocycles. The molecule has 1 amide bonds. The number of furan rings is 1. The molecule has 1 aliphatic heterocycles. The molecule has 1 fully saturated rings. The summed E-state index contributed by atoms with van der Waals surface area (Å²) >= 11 is 1.39. The number of para-hydroxylation sites is 1. The first-order valence-electron chi connectivity index (χ1n) is 11.6. The van der Waals surface area contributed by atoms with Gasteiger partial charge in [0.15, 0.2) is 5.16 Å². The summed E-state index contributed by atoms with van der Waals surface area (Å²) in [5.41, 5.74) is 2.86. The van der Waals surface area contributed by atoms with E-state index in [1.165, 1.54) is 18.2 Å². The zero-order chi connectivity index (χ0) is 23.2. The molecule has 8 heteroatoms. The molecule has 2 aromatic carbocycles. The fraction of sp³-hybridized carbons (Fsp3) is 0.269. The van der Waals surface area contributed by atoms with Crippen molar-refractivity contribution in [3.05, 3.63) is 78.8 Å². The van der Waals surface area contributed by atoms with Crippen LogP contribution in [0.5, 0.6) is 0 Å². The van der Waals surface area contributed by atoms with E-state index in [1.54, 1.807) is 6.26 Å². The van der Waals surface area contributed by atoms with E-state index in [0.717, 1.165) is 54.5 Å². The monoisotopic (exact) mass is 473 g/mol. The first kappa shape index (κ1) is 22.3. The lowest BCUT2D eigenvalue weighted by molar-refractivity contribution is -0.113. The number of rotatable bonds is 8. The van der Waals surface area contributed by atoms with Gasteiger partial charge < -0.3 is 14.6 Å². The van der Waals surface area contributed by atoms with E-state index in [0.29, 0.717) is 11.7 Å². The lowest BCUT2D eigenvalue weighted by Crippen LogP contribution is -2.32. The minimum Gasteiger partial charge on any atom is -0.467 e. The molecule has 174 valence electrons. The van der Waals surface area contributed by atoms with Crippen molar-refractivity contribution >= 4 is 29.3 Å². The average molecular weight is 474 g/mol. The number of benzene rings is 2. The molecule has 0 radical (unpaired) electrons. The fourth-order valence-electron chi connectivity index (χ4n) is 4.19. The standard InChI is InChI=1S/C26H27N5O2S/c32-24(27-23-14-6-5-13-22(23)20-10-3-1-4-11-20)19-34-26-29-28-25(30-15-7-2-8-16-30)31(26)18-21-12-9-17-33-21/h1,3-6,9-14,17H,2,7-8,15-16,18-19H2,(H,27,32). The second-order valence-corrected chi connectivity index (χ2v) is 9.19. The van der Waals surface area contributed by atoms with Crippen LogP contribution in [-0.2, 0) is 11.3 Å². The van der Waals surface area contributed by atoms with Gasteiger partial charge in [0.05, 0.1) is 18.6 Å². The smallest absolute Gasteiger partial charge is 0.234 e. The number of carbonyl (C=O) groups is 1. The largest absolute Gasteiger partial charge is 0.467 e. The van der Waals surface area contributed by atoms with Crippen molar-refractivity contribution in [2.45, 2.75) is 31.0 Å². The third kappa shape index (κ3) is 5.17. The highest BCUT2D eigenvalue weighted by atomic mass is 32.2. The van der Waals surface area contributed by atoms with Gasteiger partial charge in [0.2, 0.25) is 11.9 Å². The maximum Gasteiger partial charge on any atom is 0.234 e. The summed E-state index contributed by atoms with van der Waals surface area (Å²) in [6.07, 6.45) is 5.22. The van der Waals surface area contributed by atoms with E-state index in [9.17, 15) is 4.79 Å². The van der Waals surface area contributed by atoms with Crippen LogP contribution in [0.4, 0.5) is 11.6 Å². The van der Waals surface area contributed by atoms with Gasteiger partial charge in [-0.05, 0) is 43.0 Å². The molecule has 1 N–H and O–H groups in total. The Hall–Kier alpha value is -3.52. The summed E-state index contributed by atoms with van der Waals surface area (Å²) in [5.74, 6) is 1.83. The number of piperidine rings is 1. The number of nitrogens with one attached hydrogen (secondary N) is 1. The Labute approximate surface area is 203 Å². The van der Waals surface area contributed by atoms with Crippen molar-refractivity contribution in [2.24, 2.45) is 0 Å².